The Hall–Kier alpha value is -1.36. The minimum atomic E-state index is -0.0851. The lowest BCUT2D eigenvalue weighted by atomic mass is 10.1. The standard InChI is InChI=1S/C17H15BrClNO2/c18-14-5-1-12(2-6-14)16-11-20(9-10-22-16)17(21)13-3-7-15(19)8-4-13/h1-8,16H,9-11H2. The van der Waals surface area contributed by atoms with Crippen LogP contribution in [0.15, 0.2) is 53.0 Å². The maximum atomic E-state index is 12.6. The third-order valence-corrected chi connectivity index (χ3v) is 4.47. The van der Waals surface area contributed by atoms with Gasteiger partial charge in [0.2, 0.25) is 0 Å². The fraction of sp³-hybridized carbons (Fsp3) is 0.235. The van der Waals surface area contributed by atoms with Crippen molar-refractivity contribution < 1.29 is 9.53 Å². The van der Waals surface area contributed by atoms with E-state index in [1.165, 1.54) is 0 Å². The van der Waals surface area contributed by atoms with Crippen molar-refractivity contribution in [3.63, 3.8) is 0 Å². The molecule has 1 aliphatic heterocycles. The molecule has 1 saturated heterocycles. The highest BCUT2D eigenvalue weighted by atomic mass is 79.9. The van der Waals surface area contributed by atoms with Crippen molar-refractivity contribution in [2.45, 2.75) is 6.10 Å². The number of benzene rings is 2. The van der Waals surface area contributed by atoms with Crippen molar-refractivity contribution in [3.8, 4) is 0 Å². The van der Waals surface area contributed by atoms with E-state index in [-0.39, 0.29) is 12.0 Å². The summed E-state index contributed by atoms with van der Waals surface area (Å²) < 4.78 is 6.84. The molecule has 1 heterocycles. The van der Waals surface area contributed by atoms with Crippen LogP contribution in [0.25, 0.3) is 0 Å². The van der Waals surface area contributed by atoms with Gasteiger partial charge in [-0.2, -0.15) is 0 Å². The fourth-order valence-corrected chi connectivity index (χ4v) is 2.88. The number of hydrogen-bond donors (Lipinski definition) is 0. The molecule has 1 amide bonds. The van der Waals surface area contributed by atoms with Crippen molar-refractivity contribution in [2.24, 2.45) is 0 Å². The van der Waals surface area contributed by atoms with Gasteiger partial charge in [-0.3, -0.25) is 4.79 Å². The summed E-state index contributed by atoms with van der Waals surface area (Å²) in [6.07, 6.45) is -0.0851. The molecule has 0 bridgehead atoms. The van der Waals surface area contributed by atoms with Crippen LogP contribution in [0, 0.1) is 0 Å². The zero-order valence-corrected chi connectivity index (χ0v) is 14.2. The third kappa shape index (κ3) is 3.51. The maximum absolute atomic E-state index is 12.6. The molecule has 0 aliphatic carbocycles. The molecule has 5 heteroatoms. The summed E-state index contributed by atoms with van der Waals surface area (Å²) in [4.78, 5) is 14.4. The smallest absolute Gasteiger partial charge is 0.254 e. The number of rotatable bonds is 2. The summed E-state index contributed by atoms with van der Waals surface area (Å²) in [6, 6.07) is 15.0. The summed E-state index contributed by atoms with van der Waals surface area (Å²) in [7, 11) is 0. The van der Waals surface area contributed by atoms with E-state index in [1.807, 2.05) is 29.2 Å². The molecule has 1 fully saturated rings. The fourth-order valence-electron chi connectivity index (χ4n) is 2.49. The van der Waals surface area contributed by atoms with Crippen LogP contribution in [0.4, 0.5) is 0 Å². The van der Waals surface area contributed by atoms with Crippen molar-refractivity contribution in [1.29, 1.82) is 0 Å². The highest BCUT2D eigenvalue weighted by Crippen LogP contribution is 2.25. The van der Waals surface area contributed by atoms with E-state index >= 15 is 0 Å². The molecule has 0 spiro atoms. The molecule has 22 heavy (non-hydrogen) atoms. The molecule has 3 rings (SSSR count). The van der Waals surface area contributed by atoms with E-state index in [0.717, 1.165) is 10.0 Å². The van der Waals surface area contributed by atoms with E-state index in [9.17, 15) is 4.79 Å². The Morgan fingerprint density at radius 1 is 1.14 bits per heavy atom. The SMILES string of the molecule is O=C(c1ccc(Cl)cc1)N1CCOC(c2ccc(Br)cc2)C1. The average molecular weight is 381 g/mol. The second-order valence-corrected chi connectivity index (χ2v) is 6.52. The first-order valence-electron chi connectivity index (χ1n) is 7.05. The van der Waals surface area contributed by atoms with Gasteiger partial charge >= 0.3 is 0 Å². The van der Waals surface area contributed by atoms with Crippen LogP contribution in [0.2, 0.25) is 5.02 Å². The maximum Gasteiger partial charge on any atom is 0.254 e. The van der Waals surface area contributed by atoms with Gasteiger partial charge in [0.15, 0.2) is 0 Å². The molecular weight excluding hydrogens is 366 g/mol. The van der Waals surface area contributed by atoms with Gasteiger partial charge in [0.05, 0.1) is 13.2 Å². The van der Waals surface area contributed by atoms with E-state index in [1.54, 1.807) is 24.3 Å². The molecule has 1 unspecified atom stereocenters. The zero-order chi connectivity index (χ0) is 15.5. The monoisotopic (exact) mass is 379 g/mol. The number of morpholine rings is 1. The summed E-state index contributed by atoms with van der Waals surface area (Å²) in [5.41, 5.74) is 1.73. The van der Waals surface area contributed by atoms with Gasteiger partial charge in [-0.1, -0.05) is 39.7 Å². The largest absolute Gasteiger partial charge is 0.370 e. The Bertz CT molecular complexity index is 657. The minimum Gasteiger partial charge on any atom is -0.370 e. The summed E-state index contributed by atoms with van der Waals surface area (Å²) in [5.74, 6) is 0.0158. The van der Waals surface area contributed by atoms with Gasteiger partial charge in [-0.05, 0) is 42.0 Å². The lowest BCUT2D eigenvalue weighted by molar-refractivity contribution is -0.0228. The van der Waals surface area contributed by atoms with Crippen molar-refractivity contribution >= 4 is 33.4 Å². The number of halogens is 2. The van der Waals surface area contributed by atoms with Crippen LogP contribution >= 0.6 is 27.5 Å². The number of hydrogen-bond acceptors (Lipinski definition) is 2. The van der Waals surface area contributed by atoms with Gasteiger partial charge in [-0.15, -0.1) is 0 Å². The van der Waals surface area contributed by atoms with Gasteiger partial charge in [0, 0.05) is 21.6 Å². The summed E-state index contributed by atoms with van der Waals surface area (Å²) in [5, 5.41) is 0.631. The zero-order valence-electron chi connectivity index (χ0n) is 11.8. The van der Waals surface area contributed by atoms with Crippen molar-refractivity contribution in [1.82, 2.24) is 4.90 Å². The average Bonchev–Trinajstić information content (AvgIpc) is 2.56. The van der Waals surface area contributed by atoms with E-state index in [4.69, 9.17) is 16.3 Å². The van der Waals surface area contributed by atoms with Gasteiger partial charge < -0.3 is 9.64 Å². The Labute approximate surface area is 143 Å². The van der Waals surface area contributed by atoms with E-state index in [0.29, 0.717) is 30.3 Å². The summed E-state index contributed by atoms with van der Waals surface area (Å²) in [6.45, 7) is 1.71. The Morgan fingerprint density at radius 3 is 2.50 bits per heavy atom. The molecule has 2 aromatic carbocycles. The molecule has 1 aliphatic rings. The molecule has 1 atom stereocenters. The Balaban J connectivity index is 1.73. The number of nitrogens with zero attached hydrogens (tertiary/aromatic N) is 1. The first-order valence-corrected chi connectivity index (χ1v) is 8.22. The number of amides is 1. The topological polar surface area (TPSA) is 29.5 Å². The van der Waals surface area contributed by atoms with Crippen LogP contribution in [0.1, 0.15) is 22.0 Å². The molecule has 0 N–H and O–H groups in total. The van der Waals surface area contributed by atoms with Crippen LogP contribution < -0.4 is 0 Å². The van der Waals surface area contributed by atoms with Gasteiger partial charge in [0.1, 0.15) is 6.10 Å². The lowest BCUT2D eigenvalue weighted by Gasteiger charge is -2.33. The summed E-state index contributed by atoms with van der Waals surface area (Å²) >= 11 is 9.29. The number of ether oxygens (including phenoxy) is 1. The molecule has 0 radical (unpaired) electrons. The highest BCUT2D eigenvalue weighted by Gasteiger charge is 2.26. The highest BCUT2D eigenvalue weighted by molar-refractivity contribution is 9.10. The second kappa shape index (κ2) is 6.82. The normalized spacial score (nSPS) is 18.3. The van der Waals surface area contributed by atoms with E-state index < -0.39 is 0 Å². The Morgan fingerprint density at radius 2 is 1.82 bits per heavy atom. The molecule has 3 nitrogen and oxygen atoms in total. The van der Waals surface area contributed by atoms with Crippen molar-refractivity contribution in [3.05, 3.63) is 69.2 Å². The van der Waals surface area contributed by atoms with Crippen LogP contribution in [0.5, 0.6) is 0 Å². The molecule has 0 saturated carbocycles. The second-order valence-electron chi connectivity index (χ2n) is 5.17. The minimum absolute atomic E-state index is 0.0158. The quantitative estimate of drug-likeness (QED) is 0.777. The lowest BCUT2D eigenvalue weighted by Crippen LogP contribution is -2.42. The molecule has 2 aromatic rings. The van der Waals surface area contributed by atoms with Crippen LogP contribution in [0.3, 0.4) is 0 Å². The number of carbonyl (C=O) groups is 1. The van der Waals surface area contributed by atoms with Gasteiger partial charge in [-0.25, -0.2) is 0 Å². The van der Waals surface area contributed by atoms with Crippen molar-refractivity contribution in [2.75, 3.05) is 19.7 Å². The Kier molecular flexibility index (Phi) is 4.81. The number of carbonyl (C=O) groups excluding carboxylic acids is 1. The molecule has 0 aromatic heterocycles. The third-order valence-electron chi connectivity index (χ3n) is 3.69. The van der Waals surface area contributed by atoms with E-state index in [2.05, 4.69) is 15.9 Å². The predicted molar refractivity (Wildman–Crippen MR) is 90.2 cm³/mol. The first-order chi connectivity index (χ1) is 10.6. The first kappa shape index (κ1) is 15.5. The molecular formula is C17H15BrClNO2. The molecule has 114 valence electrons. The van der Waals surface area contributed by atoms with Crippen LogP contribution in [-0.2, 0) is 4.74 Å². The van der Waals surface area contributed by atoms with Crippen LogP contribution in [-0.4, -0.2) is 30.5 Å². The van der Waals surface area contributed by atoms with Gasteiger partial charge in [0.25, 0.3) is 5.91 Å². The predicted octanol–water partition coefficient (Wildman–Crippen LogP) is 4.32.